The Morgan fingerprint density at radius 3 is 2.11 bits per heavy atom. The molecule has 1 atom stereocenters. The van der Waals surface area contributed by atoms with Gasteiger partial charge < -0.3 is 10.2 Å². The number of carbonyl (C=O) groups excluding carboxylic acids is 2. The molecule has 1 saturated heterocycles. The summed E-state index contributed by atoms with van der Waals surface area (Å²) in [5, 5.41) is 5.39. The van der Waals surface area contributed by atoms with Crippen molar-refractivity contribution < 1.29 is 22.8 Å². The van der Waals surface area contributed by atoms with Gasteiger partial charge >= 0.3 is 6.18 Å². The van der Waals surface area contributed by atoms with E-state index in [1.54, 1.807) is 16.5 Å². The fourth-order valence-corrected chi connectivity index (χ4v) is 5.79. The molecule has 1 N–H and O–H groups in total. The predicted octanol–water partition coefficient (Wildman–Crippen LogP) is 6.07. The Bertz CT molecular complexity index is 1540. The zero-order valence-electron chi connectivity index (χ0n) is 24.0. The molecule has 10 heteroatoms. The molecule has 228 valence electrons. The number of aromatic nitrogens is 1. The molecule has 1 aromatic heterocycles. The Labute approximate surface area is 258 Å². The number of piperazine rings is 1. The van der Waals surface area contributed by atoms with Crippen LogP contribution in [0.2, 0.25) is 0 Å². The van der Waals surface area contributed by atoms with Gasteiger partial charge in [0.05, 0.1) is 18.0 Å². The predicted molar refractivity (Wildman–Crippen MR) is 165 cm³/mol. The summed E-state index contributed by atoms with van der Waals surface area (Å²) < 4.78 is 39.7. The van der Waals surface area contributed by atoms with Gasteiger partial charge in [0.25, 0.3) is 0 Å². The van der Waals surface area contributed by atoms with Crippen LogP contribution in [0, 0.1) is 5.92 Å². The van der Waals surface area contributed by atoms with Crippen LogP contribution in [-0.2, 0) is 35.3 Å². The van der Waals surface area contributed by atoms with E-state index in [-0.39, 0.29) is 24.4 Å². The van der Waals surface area contributed by atoms with Crippen LogP contribution >= 0.6 is 11.3 Å². The first-order valence-corrected chi connectivity index (χ1v) is 15.3. The lowest BCUT2D eigenvalue weighted by Crippen LogP contribution is -2.51. The van der Waals surface area contributed by atoms with Gasteiger partial charge in [-0.05, 0) is 41.3 Å². The van der Waals surface area contributed by atoms with Crippen LogP contribution in [0.15, 0.2) is 102 Å². The molecule has 1 aliphatic rings. The van der Waals surface area contributed by atoms with Crippen molar-refractivity contribution in [2.75, 3.05) is 26.2 Å². The Kier molecular flexibility index (Phi) is 10.2. The minimum Gasteiger partial charge on any atom is -0.346 e. The highest BCUT2D eigenvalue weighted by Crippen LogP contribution is 2.30. The number of hydrogen-bond donors (Lipinski definition) is 1. The second kappa shape index (κ2) is 14.5. The Hall–Kier alpha value is -4.28. The van der Waals surface area contributed by atoms with E-state index in [2.05, 4.69) is 27.3 Å². The monoisotopic (exact) mass is 618 g/mol. The van der Waals surface area contributed by atoms with Gasteiger partial charge in [-0.15, -0.1) is 11.3 Å². The molecule has 1 aliphatic heterocycles. The van der Waals surface area contributed by atoms with Crippen molar-refractivity contribution in [3.8, 4) is 0 Å². The highest BCUT2D eigenvalue weighted by molar-refractivity contribution is 7.09. The second-order valence-electron chi connectivity index (χ2n) is 10.7. The molecule has 0 radical (unpaired) electrons. The minimum atomic E-state index is -4.48. The number of alkyl halides is 3. The van der Waals surface area contributed by atoms with Crippen molar-refractivity contribution in [2.45, 2.75) is 25.7 Å². The smallest absolute Gasteiger partial charge is 0.346 e. The fourth-order valence-electron chi connectivity index (χ4n) is 5.24. The molecule has 0 unspecified atom stereocenters. The average Bonchev–Trinajstić information content (AvgIpc) is 3.56. The molecule has 0 saturated carbocycles. The van der Waals surface area contributed by atoms with E-state index in [1.807, 2.05) is 48.5 Å². The lowest BCUT2D eigenvalue weighted by Gasteiger charge is -2.37. The molecule has 4 aromatic rings. The van der Waals surface area contributed by atoms with Gasteiger partial charge in [-0.2, -0.15) is 13.2 Å². The Morgan fingerprint density at radius 1 is 0.886 bits per heavy atom. The number of amides is 2. The third-order valence-corrected chi connectivity index (χ3v) is 8.37. The van der Waals surface area contributed by atoms with E-state index >= 15 is 0 Å². The van der Waals surface area contributed by atoms with E-state index in [0.29, 0.717) is 36.8 Å². The summed E-state index contributed by atoms with van der Waals surface area (Å²) in [6.07, 6.45) is -1.04. The van der Waals surface area contributed by atoms with Crippen LogP contribution in [0.1, 0.15) is 27.3 Å². The molecule has 6 nitrogen and oxygen atoms in total. The van der Waals surface area contributed by atoms with Gasteiger partial charge in [0.15, 0.2) is 0 Å². The maximum absolute atomic E-state index is 14.2. The lowest BCUT2D eigenvalue weighted by atomic mass is 9.88. The molecule has 5 rings (SSSR count). The van der Waals surface area contributed by atoms with Crippen LogP contribution < -0.4 is 5.32 Å². The summed E-state index contributed by atoms with van der Waals surface area (Å²) in [4.78, 5) is 36.3. The number of rotatable bonds is 10. The van der Waals surface area contributed by atoms with E-state index in [9.17, 15) is 22.8 Å². The van der Waals surface area contributed by atoms with Gasteiger partial charge in [-0.1, -0.05) is 72.8 Å². The number of benzene rings is 3. The van der Waals surface area contributed by atoms with Gasteiger partial charge in [0.2, 0.25) is 11.8 Å². The molecule has 0 spiro atoms. The van der Waals surface area contributed by atoms with Crippen molar-refractivity contribution >= 4 is 29.2 Å². The van der Waals surface area contributed by atoms with Gasteiger partial charge in [0, 0.05) is 49.9 Å². The van der Waals surface area contributed by atoms with Gasteiger partial charge in [-0.25, -0.2) is 4.98 Å². The Balaban J connectivity index is 1.42. The first kappa shape index (κ1) is 31.2. The first-order chi connectivity index (χ1) is 21.3. The summed E-state index contributed by atoms with van der Waals surface area (Å²) in [5.41, 5.74) is 1.89. The SMILES string of the molecule is O=C(NCc1nccs1)C(=Cc1ccc(C(F)(F)F)cc1)[C@H](Cc1ccccc1)C(=O)N1CCN(Cc2ccccc2)CC1. The summed E-state index contributed by atoms with van der Waals surface area (Å²) in [7, 11) is 0. The topological polar surface area (TPSA) is 65.5 Å². The van der Waals surface area contributed by atoms with Crippen LogP contribution in [0.25, 0.3) is 6.08 Å². The molecule has 2 amide bonds. The van der Waals surface area contributed by atoms with E-state index in [1.165, 1.54) is 35.1 Å². The van der Waals surface area contributed by atoms with Gasteiger partial charge in [-0.3, -0.25) is 14.5 Å². The highest BCUT2D eigenvalue weighted by Gasteiger charge is 2.34. The van der Waals surface area contributed by atoms with Crippen molar-refractivity contribution in [1.82, 2.24) is 20.1 Å². The van der Waals surface area contributed by atoms with Crippen LogP contribution in [0.4, 0.5) is 13.2 Å². The number of thiazole rings is 1. The molecule has 0 bridgehead atoms. The summed E-state index contributed by atoms with van der Waals surface area (Å²) in [6, 6.07) is 24.2. The molecule has 1 fully saturated rings. The number of nitrogens with one attached hydrogen (secondary N) is 1. The number of hydrogen-bond acceptors (Lipinski definition) is 5. The fraction of sp³-hybridized carbons (Fsp3) is 0.265. The van der Waals surface area contributed by atoms with E-state index in [4.69, 9.17) is 0 Å². The van der Waals surface area contributed by atoms with E-state index in [0.717, 1.165) is 24.2 Å². The molecule has 3 aromatic carbocycles. The number of carbonyl (C=O) groups is 2. The Morgan fingerprint density at radius 2 is 1.52 bits per heavy atom. The molecule has 44 heavy (non-hydrogen) atoms. The molecule has 2 heterocycles. The van der Waals surface area contributed by atoms with Crippen molar-refractivity contribution in [3.63, 3.8) is 0 Å². The molecular formula is C34H33F3N4O2S. The normalized spacial score (nSPS) is 15.2. The maximum atomic E-state index is 14.2. The summed E-state index contributed by atoms with van der Waals surface area (Å²) >= 11 is 1.39. The zero-order chi connectivity index (χ0) is 30.9. The van der Waals surface area contributed by atoms with Crippen LogP contribution in [-0.4, -0.2) is 52.8 Å². The highest BCUT2D eigenvalue weighted by atomic mass is 32.1. The van der Waals surface area contributed by atoms with Crippen molar-refractivity contribution in [2.24, 2.45) is 5.92 Å². The summed E-state index contributed by atoms with van der Waals surface area (Å²) in [6.45, 7) is 3.34. The van der Waals surface area contributed by atoms with Crippen molar-refractivity contribution in [1.29, 1.82) is 0 Å². The third kappa shape index (κ3) is 8.42. The molecule has 0 aliphatic carbocycles. The largest absolute Gasteiger partial charge is 0.416 e. The van der Waals surface area contributed by atoms with Crippen LogP contribution in [0.5, 0.6) is 0 Å². The van der Waals surface area contributed by atoms with Crippen molar-refractivity contribution in [3.05, 3.63) is 129 Å². The summed E-state index contributed by atoms with van der Waals surface area (Å²) in [5.74, 6) is -1.50. The molecular weight excluding hydrogens is 585 g/mol. The minimum absolute atomic E-state index is 0.172. The van der Waals surface area contributed by atoms with E-state index < -0.39 is 23.6 Å². The number of halogens is 3. The standard InChI is InChI=1S/C34H33F3N4O2S/c35-34(36,37)28-13-11-26(12-14-28)21-29(32(42)39-23-31-38-15-20-44-31)30(22-25-7-3-1-4-8-25)33(43)41-18-16-40(17-19-41)24-27-9-5-2-6-10-27/h1-15,20-21,30H,16-19,22-24H2,(H,39,42)/t30-/m0/s1. The van der Waals surface area contributed by atoms with Crippen LogP contribution in [0.3, 0.4) is 0 Å². The number of nitrogens with zero attached hydrogens (tertiary/aromatic N) is 3. The van der Waals surface area contributed by atoms with Gasteiger partial charge in [0.1, 0.15) is 5.01 Å². The third-order valence-electron chi connectivity index (χ3n) is 7.60. The second-order valence-corrected chi connectivity index (χ2v) is 11.6. The first-order valence-electron chi connectivity index (χ1n) is 14.4. The quantitative estimate of drug-likeness (QED) is 0.220. The maximum Gasteiger partial charge on any atom is 0.416 e. The zero-order valence-corrected chi connectivity index (χ0v) is 24.9. The average molecular weight is 619 g/mol. The lowest BCUT2D eigenvalue weighted by molar-refractivity contribution is -0.138.